The molecular weight excluding hydrogens is 318 g/mol. The number of hydrogen-bond donors (Lipinski definition) is 0. The van der Waals surface area contributed by atoms with E-state index in [9.17, 15) is 4.79 Å². The van der Waals surface area contributed by atoms with E-state index in [-0.39, 0.29) is 5.69 Å². The van der Waals surface area contributed by atoms with Crippen molar-refractivity contribution in [1.29, 1.82) is 0 Å². The zero-order valence-electron chi connectivity index (χ0n) is 14.4. The lowest BCUT2D eigenvalue weighted by atomic mass is 10.2. The summed E-state index contributed by atoms with van der Waals surface area (Å²) in [6, 6.07) is 14.7. The summed E-state index contributed by atoms with van der Waals surface area (Å²) in [5.41, 5.74) is 2.69. The second-order valence-corrected chi connectivity index (χ2v) is 5.56. The topological polar surface area (TPSA) is 66.2 Å². The molecular formula is C19H19N3O3. The van der Waals surface area contributed by atoms with Gasteiger partial charge in [-0.15, -0.1) is 5.10 Å². The molecule has 2 aromatic carbocycles. The lowest BCUT2D eigenvalue weighted by molar-refractivity contribution is 0.0727. The van der Waals surface area contributed by atoms with E-state index in [2.05, 4.69) is 10.3 Å². The van der Waals surface area contributed by atoms with Crippen LogP contribution in [0.15, 0.2) is 48.5 Å². The third-order valence-corrected chi connectivity index (χ3v) is 3.71. The Labute approximate surface area is 146 Å². The number of hydrogen-bond acceptors (Lipinski definition) is 5. The first kappa shape index (κ1) is 16.7. The fraction of sp³-hybridized carbons (Fsp3) is 0.211. The summed E-state index contributed by atoms with van der Waals surface area (Å²) in [6.45, 7) is 6.29. The van der Waals surface area contributed by atoms with Crippen molar-refractivity contribution < 1.29 is 14.3 Å². The molecule has 1 aromatic heterocycles. The van der Waals surface area contributed by atoms with E-state index in [4.69, 9.17) is 9.47 Å². The molecule has 6 nitrogen and oxygen atoms in total. The molecule has 0 unspecified atom stereocenters. The summed E-state index contributed by atoms with van der Waals surface area (Å²) in [4.78, 5) is 12.3. The molecule has 0 spiro atoms. The SMILES string of the molecule is CCOc1ccc(-n2nnc(C(=O)Oc3ccc(C)cc3)c2C)cc1. The fourth-order valence-corrected chi connectivity index (χ4v) is 2.37. The van der Waals surface area contributed by atoms with E-state index < -0.39 is 5.97 Å². The molecule has 0 N–H and O–H groups in total. The highest BCUT2D eigenvalue weighted by molar-refractivity contribution is 5.90. The van der Waals surface area contributed by atoms with Crippen molar-refractivity contribution >= 4 is 5.97 Å². The number of nitrogens with zero attached hydrogens (tertiary/aromatic N) is 3. The summed E-state index contributed by atoms with van der Waals surface area (Å²) in [5, 5.41) is 8.04. The van der Waals surface area contributed by atoms with Crippen LogP contribution >= 0.6 is 0 Å². The molecule has 6 heteroatoms. The van der Waals surface area contributed by atoms with Crippen LogP contribution in [-0.2, 0) is 0 Å². The van der Waals surface area contributed by atoms with Crippen LogP contribution in [-0.4, -0.2) is 27.6 Å². The van der Waals surface area contributed by atoms with Crippen molar-refractivity contribution in [2.24, 2.45) is 0 Å². The quantitative estimate of drug-likeness (QED) is 0.526. The van der Waals surface area contributed by atoms with Gasteiger partial charge in [-0.1, -0.05) is 22.9 Å². The van der Waals surface area contributed by atoms with E-state index >= 15 is 0 Å². The van der Waals surface area contributed by atoms with Gasteiger partial charge in [-0.05, 0) is 57.2 Å². The molecule has 1 heterocycles. The molecule has 0 saturated heterocycles. The van der Waals surface area contributed by atoms with Gasteiger partial charge in [0.2, 0.25) is 0 Å². The predicted molar refractivity (Wildman–Crippen MR) is 93.4 cm³/mol. The number of esters is 1. The highest BCUT2D eigenvalue weighted by Gasteiger charge is 2.19. The highest BCUT2D eigenvalue weighted by Crippen LogP contribution is 2.19. The van der Waals surface area contributed by atoms with Gasteiger partial charge in [-0.2, -0.15) is 0 Å². The highest BCUT2D eigenvalue weighted by atomic mass is 16.5. The van der Waals surface area contributed by atoms with Crippen molar-refractivity contribution in [3.8, 4) is 17.2 Å². The smallest absolute Gasteiger partial charge is 0.366 e. The molecule has 3 rings (SSSR count). The number of carbonyl (C=O) groups excluding carboxylic acids is 1. The summed E-state index contributed by atoms with van der Waals surface area (Å²) in [7, 11) is 0. The van der Waals surface area contributed by atoms with Gasteiger partial charge in [0.1, 0.15) is 11.5 Å². The summed E-state index contributed by atoms with van der Waals surface area (Å²) < 4.78 is 12.4. The zero-order valence-corrected chi connectivity index (χ0v) is 14.4. The summed E-state index contributed by atoms with van der Waals surface area (Å²) in [6.07, 6.45) is 0. The molecule has 0 bridgehead atoms. The van der Waals surface area contributed by atoms with Crippen molar-refractivity contribution in [2.45, 2.75) is 20.8 Å². The van der Waals surface area contributed by atoms with Crippen LogP contribution in [0.3, 0.4) is 0 Å². The van der Waals surface area contributed by atoms with Gasteiger partial charge >= 0.3 is 5.97 Å². The van der Waals surface area contributed by atoms with E-state index in [1.807, 2.05) is 50.2 Å². The molecule has 0 fully saturated rings. The lowest BCUT2D eigenvalue weighted by Gasteiger charge is -2.06. The Morgan fingerprint density at radius 2 is 1.64 bits per heavy atom. The van der Waals surface area contributed by atoms with Gasteiger partial charge in [0.05, 0.1) is 18.0 Å². The molecule has 25 heavy (non-hydrogen) atoms. The number of benzene rings is 2. The van der Waals surface area contributed by atoms with Gasteiger partial charge in [-0.25, -0.2) is 9.48 Å². The Bertz CT molecular complexity index is 868. The minimum absolute atomic E-state index is 0.189. The molecule has 0 atom stereocenters. The number of rotatable bonds is 5. The average molecular weight is 337 g/mol. The van der Waals surface area contributed by atoms with Gasteiger partial charge in [0.15, 0.2) is 5.69 Å². The summed E-state index contributed by atoms with van der Waals surface area (Å²) >= 11 is 0. The molecule has 0 radical (unpaired) electrons. The van der Waals surface area contributed by atoms with Crippen LogP contribution in [0.1, 0.15) is 28.7 Å². The molecule has 0 saturated carbocycles. The first-order valence-electron chi connectivity index (χ1n) is 8.03. The van der Waals surface area contributed by atoms with E-state index in [0.29, 0.717) is 18.1 Å². The number of ether oxygens (including phenoxy) is 2. The van der Waals surface area contributed by atoms with Crippen molar-refractivity contribution in [1.82, 2.24) is 15.0 Å². The minimum atomic E-state index is -0.529. The Balaban J connectivity index is 1.80. The Morgan fingerprint density at radius 3 is 2.28 bits per heavy atom. The fourth-order valence-electron chi connectivity index (χ4n) is 2.37. The first-order valence-corrected chi connectivity index (χ1v) is 8.03. The zero-order chi connectivity index (χ0) is 17.8. The maximum Gasteiger partial charge on any atom is 0.366 e. The molecule has 3 aromatic rings. The van der Waals surface area contributed by atoms with Crippen LogP contribution in [0.4, 0.5) is 0 Å². The van der Waals surface area contributed by atoms with Crippen molar-refractivity contribution in [2.75, 3.05) is 6.61 Å². The second-order valence-electron chi connectivity index (χ2n) is 5.56. The van der Waals surface area contributed by atoms with E-state index in [1.54, 1.807) is 23.7 Å². The third kappa shape index (κ3) is 3.68. The largest absolute Gasteiger partial charge is 0.494 e. The maximum absolute atomic E-state index is 12.3. The Kier molecular flexibility index (Phi) is 4.79. The van der Waals surface area contributed by atoms with Crippen molar-refractivity contribution in [3.63, 3.8) is 0 Å². The Hall–Kier alpha value is -3.15. The molecule has 0 amide bonds. The average Bonchev–Trinajstić information content (AvgIpc) is 2.99. The van der Waals surface area contributed by atoms with Crippen LogP contribution < -0.4 is 9.47 Å². The Morgan fingerprint density at radius 1 is 1.00 bits per heavy atom. The molecule has 0 aliphatic rings. The number of aryl methyl sites for hydroxylation is 1. The number of aromatic nitrogens is 3. The second kappa shape index (κ2) is 7.17. The molecule has 0 aliphatic heterocycles. The van der Waals surface area contributed by atoms with Crippen LogP contribution in [0.2, 0.25) is 0 Å². The van der Waals surface area contributed by atoms with Crippen LogP contribution in [0, 0.1) is 13.8 Å². The molecule has 128 valence electrons. The summed E-state index contributed by atoms with van der Waals surface area (Å²) in [5.74, 6) is 0.729. The van der Waals surface area contributed by atoms with Crippen molar-refractivity contribution in [3.05, 3.63) is 65.5 Å². The van der Waals surface area contributed by atoms with Gasteiger partial charge in [-0.3, -0.25) is 0 Å². The monoisotopic (exact) mass is 337 g/mol. The standard InChI is InChI=1S/C19H19N3O3/c1-4-24-16-11-7-15(8-12-16)22-14(3)18(20-21-22)19(23)25-17-9-5-13(2)6-10-17/h5-12H,4H2,1-3H3. The number of carbonyl (C=O) groups is 1. The minimum Gasteiger partial charge on any atom is -0.494 e. The normalized spacial score (nSPS) is 10.5. The van der Waals surface area contributed by atoms with E-state index in [1.165, 1.54) is 0 Å². The lowest BCUT2D eigenvalue weighted by Crippen LogP contribution is -2.11. The predicted octanol–water partition coefficient (Wildman–Crippen LogP) is 3.50. The van der Waals surface area contributed by atoms with Gasteiger partial charge in [0.25, 0.3) is 0 Å². The van der Waals surface area contributed by atoms with Gasteiger partial charge in [0, 0.05) is 0 Å². The molecule has 0 aliphatic carbocycles. The first-order chi connectivity index (χ1) is 12.1. The maximum atomic E-state index is 12.3. The third-order valence-electron chi connectivity index (χ3n) is 3.71. The van der Waals surface area contributed by atoms with Crippen LogP contribution in [0.5, 0.6) is 11.5 Å². The van der Waals surface area contributed by atoms with Crippen LogP contribution in [0.25, 0.3) is 5.69 Å². The van der Waals surface area contributed by atoms with Gasteiger partial charge < -0.3 is 9.47 Å². The van der Waals surface area contributed by atoms with E-state index in [0.717, 1.165) is 17.0 Å².